The molecule has 4 rings (SSSR count). The molecule has 7 heteroatoms. The van der Waals surface area contributed by atoms with Crippen LogP contribution in [0.5, 0.6) is 11.5 Å². The maximum absolute atomic E-state index is 13.4. The van der Waals surface area contributed by atoms with Gasteiger partial charge in [0.15, 0.2) is 11.5 Å². The Hall–Kier alpha value is -2.31. The third-order valence-corrected chi connectivity index (χ3v) is 5.56. The second kappa shape index (κ2) is 8.37. The Morgan fingerprint density at radius 2 is 2.04 bits per heavy atom. The van der Waals surface area contributed by atoms with Crippen LogP contribution in [-0.2, 0) is 17.9 Å². The Morgan fingerprint density at radius 1 is 1.21 bits per heavy atom. The topological polar surface area (TPSA) is 50.8 Å². The Kier molecular flexibility index (Phi) is 5.69. The number of likely N-dealkylation sites (tertiary alicyclic amines) is 1. The number of hydrogen-bond acceptors (Lipinski definition) is 4. The van der Waals surface area contributed by atoms with Crippen LogP contribution in [0.15, 0.2) is 36.4 Å². The van der Waals surface area contributed by atoms with Gasteiger partial charge < -0.3 is 19.7 Å². The lowest BCUT2D eigenvalue weighted by atomic mass is 10.1. The lowest BCUT2D eigenvalue weighted by Crippen LogP contribution is -2.34. The van der Waals surface area contributed by atoms with E-state index in [-0.39, 0.29) is 24.6 Å². The minimum atomic E-state index is -0.275. The maximum atomic E-state index is 13.4. The van der Waals surface area contributed by atoms with E-state index in [9.17, 15) is 9.18 Å². The first kappa shape index (κ1) is 19.0. The molecule has 0 saturated carbocycles. The number of halogens is 2. The van der Waals surface area contributed by atoms with Crippen molar-refractivity contribution < 1.29 is 18.7 Å². The monoisotopic (exact) mass is 404 g/mol. The Labute approximate surface area is 168 Å². The highest BCUT2D eigenvalue weighted by atomic mass is 35.5. The van der Waals surface area contributed by atoms with E-state index in [1.54, 1.807) is 12.1 Å². The number of carbonyl (C=O) groups excluding carboxylic acids is 1. The molecule has 1 fully saturated rings. The van der Waals surface area contributed by atoms with E-state index < -0.39 is 0 Å². The second-order valence-electron chi connectivity index (χ2n) is 7.11. The second-order valence-corrected chi connectivity index (χ2v) is 7.51. The van der Waals surface area contributed by atoms with Crippen molar-refractivity contribution in [2.45, 2.75) is 38.4 Å². The first-order valence-electron chi connectivity index (χ1n) is 9.43. The zero-order valence-electron chi connectivity index (χ0n) is 15.4. The molecule has 0 aliphatic carbocycles. The quantitative estimate of drug-likeness (QED) is 0.711. The standard InChI is InChI=1S/C21H22ClFN2O3/c22-18-10-20-19(27-13-28-20)9-15(18)11-24-7-6-17-4-5-21(26)25(17)12-14-2-1-3-16(23)8-14/h1-3,8-10,17,24H,4-7,11-13H2/t17-/m1/s1. The predicted molar refractivity (Wildman–Crippen MR) is 104 cm³/mol. The molecule has 1 saturated heterocycles. The molecule has 0 aromatic heterocycles. The van der Waals surface area contributed by atoms with Crippen LogP contribution < -0.4 is 14.8 Å². The molecular formula is C21H22ClFN2O3. The largest absolute Gasteiger partial charge is 0.454 e. The molecule has 148 valence electrons. The van der Waals surface area contributed by atoms with E-state index in [0.29, 0.717) is 36.0 Å². The van der Waals surface area contributed by atoms with Crippen LogP contribution in [0.1, 0.15) is 30.4 Å². The third kappa shape index (κ3) is 4.23. The number of amides is 1. The molecule has 2 aromatic carbocycles. The van der Waals surface area contributed by atoms with Crippen LogP contribution in [0.3, 0.4) is 0 Å². The van der Waals surface area contributed by atoms with E-state index in [1.165, 1.54) is 12.1 Å². The summed E-state index contributed by atoms with van der Waals surface area (Å²) in [5.74, 6) is 1.24. The van der Waals surface area contributed by atoms with Gasteiger partial charge in [-0.3, -0.25) is 4.79 Å². The highest BCUT2D eigenvalue weighted by Crippen LogP contribution is 2.36. The molecule has 1 atom stereocenters. The molecule has 1 amide bonds. The van der Waals surface area contributed by atoms with Gasteiger partial charge in [0, 0.05) is 36.6 Å². The first-order valence-corrected chi connectivity index (χ1v) is 9.80. The minimum Gasteiger partial charge on any atom is -0.454 e. The van der Waals surface area contributed by atoms with E-state index in [4.69, 9.17) is 21.1 Å². The number of fused-ring (bicyclic) bond motifs is 1. The van der Waals surface area contributed by atoms with Gasteiger partial charge in [0.2, 0.25) is 12.7 Å². The van der Waals surface area contributed by atoms with Gasteiger partial charge in [-0.1, -0.05) is 23.7 Å². The summed E-state index contributed by atoms with van der Waals surface area (Å²) in [4.78, 5) is 14.1. The average Bonchev–Trinajstić information content (AvgIpc) is 3.26. The van der Waals surface area contributed by atoms with Gasteiger partial charge in [-0.2, -0.15) is 0 Å². The Balaban J connectivity index is 1.30. The number of rotatable bonds is 7. The van der Waals surface area contributed by atoms with Crippen molar-refractivity contribution in [3.05, 3.63) is 58.4 Å². The van der Waals surface area contributed by atoms with E-state index in [2.05, 4.69) is 5.32 Å². The third-order valence-electron chi connectivity index (χ3n) is 5.21. The van der Waals surface area contributed by atoms with E-state index >= 15 is 0 Å². The minimum absolute atomic E-state index is 0.132. The summed E-state index contributed by atoms with van der Waals surface area (Å²) in [6, 6.07) is 10.3. The zero-order chi connectivity index (χ0) is 19.5. The first-order chi connectivity index (χ1) is 13.6. The van der Waals surface area contributed by atoms with Crippen LogP contribution >= 0.6 is 11.6 Å². The van der Waals surface area contributed by atoms with Gasteiger partial charge in [0.25, 0.3) is 0 Å². The molecule has 2 heterocycles. The highest BCUT2D eigenvalue weighted by Gasteiger charge is 2.30. The highest BCUT2D eigenvalue weighted by molar-refractivity contribution is 6.31. The van der Waals surface area contributed by atoms with Crippen LogP contribution in [0.2, 0.25) is 5.02 Å². The van der Waals surface area contributed by atoms with Gasteiger partial charge >= 0.3 is 0 Å². The predicted octanol–water partition coefficient (Wildman–Crippen LogP) is 3.88. The number of benzene rings is 2. The number of ether oxygens (including phenoxy) is 2. The normalized spacial score (nSPS) is 18.1. The molecule has 1 N–H and O–H groups in total. The summed E-state index contributed by atoms with van der Waals surface area (Å²) in [7, 11) is 0. The summed E-state index contributed by atoms with van der Waals surface area (Å²) >= 11 is 6.30. The lowest BCUT2D eigenvalue weighted by molar-refractivity contribution is -0.129. The van der Waals surface area contributed by atoms with Crippen molar-refractivity contribution in [2.24, 2.45) is 0 Å². The van der Waals surface area contributed by atoms with Crippen LogP contribution in [-0.4, -0.2) is 30.2 Å². The smallest absolute Gasteiger partial charge is 0.231 e. The van der Waals surface area contributed by atoms with Crippen LogP contribution in [0, 0.1) is 5.82 Å². The molecular weight excluding hydrogens is 383 g/mol. The summed E-state index contributed by atoms with van der Waals surface area (Å²) in [6.45, 7) is 2.04. The molecule has 5 nitrogen and oxygen atoms in total. The molecule has 0 spiro atoms. The molecule has 2 aliphatic rings. The van der Waals surface area contributed by atoms with E-state index in [1.807, 2.05) is 17.0 Å². The SMILES string of the molecule is O=C1CC[C@H](CCNCc2cc3c(cc2Cl)OCO3)N1Cc1cccc(F)c1. The van der Waals surface area contributed by atoms with Crippen molar-refractivity contribution in [2.75, 3.05) is 13.3 Å². The number of carbonyl (C=O) groups is 1. The fourth-order valence-electron chi connectivity index (χ4n) is 3.73. The summed E-state index contributed by atoms with van der Waals surface area (Å²) in [6.07, 6.45) is 2.22. The zero-order valence-corrected chi connectivity index (χ0v) is 16.2. The summed E-state index contributed by atoms with van der Waals surface area (Å²) in [5, 5.41) is 4.03. The Bertz CT molecular complexity index is 877. The summed E-state index contributed by atoms with van der Waals surface area (Å²) in [5.41, 5.74) is 1.77. The number of nitrogens with zero attached hydrogens (tertiary/aromatic N) is 1. The lowest BCUT2D eigenvalue weighted by Gasteiger charge is -2.25. The van der Waals surface area contributed by atoms with Crippen molar-refractivity contribution in [3.63, 3.8) is 0 Å². The number of nitrogens with one attached hydrogen (secondary N) is 1. The molecule has 2 aromatic rings. The average molecular weight is 405 g/mol. The molecule has 0 unspecified atom stereocenters. The van der Waals surface area contributed by atoms with Crippen molar-refractivity contribution in [3.8, 4) is 11.5 Å². The molecule has 0 radical (unpaired) electrons. The van der Waals surface area contributed by atoms with Gasteiger partial charge in [-0.15, -0.1) is 0 Å². The van der Waals surface area contributed by atoms with Gasteiger partial charge in [0.1, 0.15) is 5.82 Å². The molecule has 2 aliphatic heterocycles. The molecule has 28 heavy (non-hydrogen) atoms. The van der Waals surface area contributed by atoms with Crippen molar-refractivity contribution in [1.82, 2.24) is 10.2 Å². The van der Waals surface area contributed by atoms with Gasteiger partial charge in [-0.25, -0.2) is 4.39 Å². The van der Waals surface area contributed by atoms with Crippen LogP contribution in [0.4, 0.5) is 4.39 Å². The van der Waals surface area contributed by atoms with Crippen molar-refractivity contribution >= 4 is 17.5 Å². The fraction of sp³-hybridized carbons (Fsp3) is 0.381. The van der Waals surface area contributed by atoms with Gasteiger partial charge in [0.05, 0.1) is 0 Å². The Morgan fingerprint density at radius 3 is 2.86 bits per heavy atom. The van der Waals surface area contributed by atoms with Crippen molar-refractivity contribution in [1.29, 1.82) is 0 Å². The maximum Gasteiger partial charge on any atom is 0.231 e. The number of hydrogen-bond donors (Lipinski definition) is 1. The fourth-order valence-corrected chi connectivity index (χ4v) is 3.95. The van der Waals surface area contributed by atoms with Crippen LogP contribution in [0.25, 0.3) is 0 Å². The van der Waals surface area contributed by atoms with Gasteiger partial charge in [-0.05, 0) is 48.7 Å². The van der Waals surface area contributed by atoms with E-state index in [0.717, 1.165) is 30.5 Å². The molecule has 0 bridgehead atoms. The summed E-state index contributed by atoms with van der Waals surface area (Å²) < 4.78 is 24.1.